The Hall–Kier alpha value is -1.89. The van der Waals surface area contributed by atoms with Crippen LogP contribution in [0.15, 0.2) is 22.9 Å². The second kappa shape index (κ2) is 6.71. The lowest BCUT2D eigenvalue weighted by molar-refractivity contribution is 0.372. The molecule has 21 heavy (non-hydrogen) atoms. The van der Waals surface area contributed by atoms with Gasteiger partial charge in [0.1, 0.15) is 6.33 Å². The third-order valence-electron chi connectivity index (χ3n) is 2.99. The standard InChI is InChI=1S/C14H15BrFN3O2/c1-3-10-13(16)14(19-7-18-10)17-6-8-4-12(21-2)11(20)5-9(8)15/h4-5,7,20H,3,6H2,1-2H3,(H,17,18,19). The quantitative estimate of drug-likeness (QED) is 0.861. The minimum absolute atomic E-state index is 0.0367. The summed E-state index contributed by atoms with van der Waals surface area (Å²) < 4.78 is 19.8. The van der Waals surface area contributed by atoms with Gasteiger partial charge in [0.2, 0.25) is 0 Å². The van der Waals surface area contributed by atoms with E-state index < -0.39 is 5.82 Å². The topological polar surface area (TPSA) is 67.3 Å². The Labute approximate surface area is 130 Å². The summed E-state index contributed by atoms with van der Waals surface area (Å²) in [5, 5.41) is 12.6. The third-order valence-corrected chi connectivity index (χ3v) is 3.73. The van der Waals surface area contributed by atoms with Gasteiger partial charge < -0.3 is 15.2 Å². The first-order valence-electron chi connectivity index (χ1n) is 6.35. The largest absolute Gasteiger partial charge is 0.504 e. The van der Waals surface area contributed by atoms with Crippen molar-refractivity contribution in [1.29, 1.82) is 0 Å². The van der Waals surface area contributed by atoms with Crippen molar-refractivity contribution in [2.75, 3.05) is 12.4 Å². The molecule has 0 aliphatic rings. The van der Waals surface area contributed by atoms with Gasteiger partial charge in [0.05, 0.1) is 12.8 Å². The number of benzene rings is 1. The molecule has 1 aromatic heterocycles. The Morgan fingerprint density at radius 2 is 2.14 bits per heavy atom. The molecule has 0 unspecified atom stereocenters. The van der Waals surface area contributed by atoms with Crippen LogP contribution in [0.3, 0.4) is 0 Å². The van der Waals surface area contributed by atoms with E-state index in [1.54, 1.807) is 6.07 Å². The zero-order valence-electron chi connectivity index (χ0n) is 11.7. The zero-order valence-corrected chi connectivity index (χ0v) is 13.2. The number of rotatable bonds is 5. The van der Waals surface area contributed by atoms with Gasteiger partial charge in [-0.15, -0.1) is 0 Å². The molecule has 0 amide bonds. The second-order valence-electron chi connectivity index (χ2n) is 4.31. The maximum absolute atomic E-state index is 14.0. The Kier molecular flexibility index (Phi) is 4.95. The average Bonchev–Trinajstić information content (AvgIpc) is 2.47. The number of halogens is 2. The lowest BCUT2D eigenvalue weighted by atomic mass is 10.2. The van der Waals surface area contributed by atoms with Gasteiger partial charge in [0.15, 0.2) is 23.1 Å². The fourth-order valence-corrected chi connectivity index (χ4v) is 2.31. The summed E-state index contributed by atoms with van der Waals surface area (Å²) in [6.07, 6.45) is 1.83. The number of aromatic nitrogens is 2. The molecule has 0 atom stereocenters. The SMILES string of the molecule is CCc1ncnc(NCc2cc(OC)c(O)cc2Br)c1F. The van der Waals surface area contributed by atoms with E-state index in [0.29, 0.717) is 28.9 Å². The van der Waals surface area contributed by atoms with Gasteiger partial charge in [-0.05, 0) is 24.1 Å². The van der Waals surface area contributed by atoms with E-state index in [4.69, 9.17) is 4.74 Å². The van der Waals surface area contributed by atoms with E-state index in [1.807, 2.05) is 6.92 Å². The van der Waals surface area contributed by atoms with Gasteiger partial charge in [0.25, 0.3) is 0 Å². The van der Waals surface area contributed by atoms with Crippen molar-refractivity contribution in [3.63, 3.8) is 0 Å². The minimum atomic E-state index is -0.443. The summed E-state index contributed by atoms with van der Waals surface area (Å²) in [5.41, 5.74) is 1.18. The van der Waals surface area contributed by atoms with Crippen molar-refractivity contribution in [3.05, 3.63) is 40.0 Å². The molecule has 0 bridgehead atoms. The highest BCUT2D eigenvalue weighted by Gasteiger charge is 2.12. The Balaban J connectivity index is 2.20. The Morgan fingerprint density at radius 3 is 2.81 bits per heavy atom. The molecule has 0 radical (unpaired) electrons. The highest BCUT2D eigenvalue weighted by Crippen LogP contribution is 2.32. The fraction of sp³-hybridized carbons (Fsp3) is 0.286. The van der Waals surface area contributed by atoms with E-state index in [0.717, 1.165) is 5.56 Å². The summed E-state index contributed by atoms with van der Waals surface area (Å²) in [5.74, 6) is 0.102. The monoisotopic (exact) mass is 355 g/mol. The molecule has 7 heteroatoms. The maximum Gasteiger partial charge on any atom is 0.186 e. The van der Waals surface area contributed by atoms with Crippen LogP contribution in [0.5, 0.6) is 11.5 Å². The molecule has 2 N–H and O–H groups in total. The average molecular weight is 356 g/mol. The predicted octanol–water partition coefficient (Wildman–Crippen LogP) is 3.27. The molecule has 5 nitrogen and oxygen atoms in total. The van der Waals surface area contributed by atoms with Gasteiger partial charge >= 0.3 is 0 Å². The zero-order chi connectivity index (χ0) is 15.4. The fourth-order valence-electron chi connectivity index (χ4n) is 1.84. The molecule has 0 fully saturated rings. The van der Waals surface area contributed by atoms with Gasteiger partial charge in [-0.1, -0.05) is 22.9 Å². The first kappa shape index (κ1) is 15.5. The number of hydrogen-bond acceptors (Lipinski definition) is 5. The molecular formula is C14H15BrFN3O2. The number of nitrogens with zero attached hydrogens (tertiary/aromatic N) is 2. The van der Waals surface area contributed by atoms with Crippen LogP contribution in [0.25, 0.3) is 0 Å². The summed E-state index contributed by atoms with van der Waals surface area (Å²) in [6, 6.07) is 3.20. The third kappa shape index (κ3) is 3.41. The van der Waals surface area contributed by atoms with E-state index >= 15 is 0 Å². The Morgan fingerprint density at radius 1 is 1.38 bits per heavy atom. The smallest absolute Gasteiger partial charge is 0.186 e. The van der Waals surface area contributed by atoms with Gasteiger partial charge in [0, 0.05) is 11.0 Å². The van der Waals surface area contributed by atoms with Crippen LogP contribution in [-0.2, 0) is 13.0 Å². The maximum atomic E-state index is 14.0. The number of hydrogen-bond donors (Lipinski definition) is 2. The summed E-state index contributed by atoms with van der Waals surface area (Å²) >= 11 is 3.35. The van der Waals surface area contributed by atoms with Crippen LogP contribution in [0.2, 0.25) is 0 Å². The van der Waals surface area contributed by atoms with Crippen molar-refractivity contribution in [2.45, 2.75) is 19.9 Å². The van der Waals surface area contributed by atoms with E-state index in [1.165, 1.54) is 19.5 Å². The lowest BCUT2D eigenvalue weighted by Crippen LogP contribution is -2.07. The number of aryl methyl sites for hydroxylation is 1. The number of methoxy groups -OCH3 is 1. The molecule has 0 aliphatic carbocycles. The van der Waals surface area contributed by atoms with Crippen molar-refractivity contribution < 1.29 is 14.2 Å². The first-order valence-corrected chi connectivity index (χ1v) is 7.14. The van der Waals surface area contributed by atoms with E-state index in [9.17, 15) is 9.50 Å². The van der Waals surface area contributed by atoms with E-state index in [2.05, 4.69) is 31.2 Å². The van der Waals surface area contributed by atoms with Crippen LogP contribution in [0, 0.1) is 5.82 Å². The lowest BCUT2D eigenvalue weighted by Gasteiger charge is -2.12. The van der Waals surface area contributed by atoms with Crippen molar-refractivity contribution in [3.8, 4) is 11.5 Å². The molecule has 0 spiro atoms. The molecule has 1 heterocycles. The van der Waals surface area contributed by atoms with Crippen molar-refractivity contribution in [2.24, 2.45) is 0 Å². The highest BCUT2D eigenvalue weighted by molar-refractivity contribution is 9.10. The molecule has 0 saturated heterocycles. The van der Waals surface area contributed by atoms with Crippen LogP contribution in [0.1, 0.15) is 18.2 Å². The van der Waals surface area contributed by atoms with Gasteiger partial charge in [-0.3, -0.25) is 0 Å². The molecule has 2 rings (SSSR count). The number of anilines is 1. The van der Waals surface area contributed by atoms with Gasteiger partial charge in [-0.2, -0.15) is 0 Å². The predicted molar refractivity (Wildman–Crippen MR) is 81.1 cm³/mol. The van der Waals surface area contributed by atoms with E-state index in [-0.39, 0.29) is 11.6 Å². The summed E-state index contributed by atoms with van der Waals surface area (Å²) in [7, 11) is 1.47. The van der Waals surface area contributed by atoms with Crippen molar-refractivity contribution >= 4 is 21.7 Å². The number of ether oxygens (including phenoxy) is 1. The Bertz CT molecular complexity index is 652. The number of phenolic OH excluding ortho intramolecular Hbond substituents is 1. The first-order chi connectivity index (χ1) is 10.1. The molecule has 112 valence electrons. The number of nitrogens with one attached hydrogen (secondary N) is 1. The van der Waals surface area contributed by atoms with Crippen molar-refractivity contribution in [1.82, 2.24) is 9.97 Å². The molecular weight excluding hydrogens is 341 g/mol. The molecule has 0 aliphatic heterocycles. The van der Waals surface area contributed by atoms with Crippen LogP contribution < -0.4 is 10.1 Å². The summed E-state index contributed by atoms with van der Waals surface area (Å²) in [6.45, 7) is 2.16. The number of phenols is 1. The molecule has 1 aromatic carbocycles. The minimum Gasteiger partial charge on any atom is -0.504 e. The molecule has 0 saturated carbocycles. The second-order valence-corrected chi connectivity index (χ2v) is 5.16. The molecule has 2 aromatic rings. The highest BCUT2D eigenvalue weighted by atomic mass is 79.9. The number of aromatic hydroxyl groups is 1. The van der Waals surface area contributed by atoms with Gasteiger partial charge in [-0.25, -0.2) is 14.4 Å². The van der Waals surface area contributed by atoms with Crippen LogP contribution >= 0.6 is 15.9 Å². The summed E-state index contributed by atoms with van der Waals surface area (Å²) in [4.78, 5) is 7.78. The van der Waals surface area contributed by atoms with Crippen LogP contribution in [-0.4, -0.2) is 22.2 Å². The normalized spacial score (nSPS) is 10.5. The van der Waals surface area contributed by atoms with Crippen LogP contribution in [0.4, 0.5) is 10.2 Å².